The van der Waals surface area contributed by atoms with Crippen LogP contribution < -0.4 is 4.74 Å². The van der Waals surface area contributed by atoms with Crippen LogP contribution in [0.15, 0.2) is 22.7 Å². The molecule has 1 aromatic rings. The molecule has 0 N–H and O–H groups in total. The standard InChI is InChI=1S/C11H11BrOS2/c12-8-1-2-10-9(7-8)11(3-4-13-10)14-5-6-15-11/h1-2,7H,3-6H2. The molecule has 1 nitrogen and oxygen atoms in total. The lowest BCUT2D eigenvalue weighted by atomic mass is 10.1. The fourth-order valence-electron chi connectivity index (χ4n) is 2.11. The Balaban J connectivity index is 2.12. The summed E-state index contributed by atoms with van der Waals surface area (Å²) in [7, 11) is 0. The van der Waals surface area contributed by atoms with Crippen molar-refractivity contribution in [2.45, 2.75) is 10.5 Å². The van der Waals surface area contributed by atoms with Crippen LogP contribution in [0.1, 0.15) is 12.0 Å². The van der Waals surface area contributed by atoms with E-state index >= 15 is 0 Å². The fraction of sp³-hybridized carbons (Fsp3) is 0.455. The van der Waals surface area contributed by atoms with E-state index in [2.05, 4.69) is 57.7 Å². The van der Waals surface area contributed by atoms with Crippen LogP contribution in [-0.2, 0) is 4.08 Å². The molecule has 0 unspecified atom stereocenters. The van der Waals surface area contributed by atoms with E-state index in [0.29, 0.717) is 0 Å². The maximum absolute atomic E-state index is 5.72. The first-order valence-electron chi connectivity index (χ1n) is 5.01. The van der Waals surface area contributed by atoms with Crippen LogP contribution in [0.4, 0.5) is 0 Å². The zero-order valence-electron chi connectivity index (χ0n) is 8.16. The van der Waals surface area contributed by atoms with Gasteiger partial charge in [0.25, 0.3) is 0 Å². The fourth-order valence-corrected chi connectivity index (χ4v) is 5.72. The highest BCUT2D eigenvalue weighted by atomic mass is 79.9. The molecule has 0 aliphatic carbocycles. The molecular weight excluding hydrogens is 292 g/mol. The summed E-state index contributed by atoms with van der Waals surface area (Å²) in [5.74, 6) is 3.60. The van der Waals surface area contributed by atoms with Gasteiger partial charge in [0.05, 0.1) is 10.7 Å². The highest BCUT2D eigenvalue weighted by molar-refractivity contribution is 9.10. The van der Waals surface area contributed by atoms with Crippen molar-refractivity contribution < 1.29 is 4.74 Å². The topological polar surface area (TPSA) is 9.23 Å². The van der Waals surface area contributed by atoms with Crippen LogP contribution >= 0.6 is 39.5 Å². The first-order valence-corrected chi connectivity index (χ1v) is 7.77. The van der Waals surface area contributed by atoms with Gasteiger partial charge in [0.15, 0.2) is 0 Å². The summed E-state index contributed by atoms with van der Waals surface area (Å²) in [5, 5.41) is 0. The number of halogens is 1. The van der Waals surface area contributed by atoms with Crippen molar-refractivity contribution >= 4 is 39.5 Å². The van der Waals surface area contributed by atoms with E-state index in [1.54, 1.807) is 0 Å². The van der Waals surface area contributed by atoms with Crippen molar-refractivity contribution in [2.24, 2.45) is 0 Å². The predicted octanol–water partition coefficient (Wildman–Crippen LogP) is 3.86. The third kappa shape index (κ3) is 1.71. The van der Waals surface area contributed by atoms with Crippen LogP contribution in [0.2, 0.25) is 0 Å². The van der Waals surface area contributed by atoms with Crippen molar-refractivity contribution in [1.82, 2.24) is 0 Å². The normalized spacial score (nSPS) is 22.5. The number of rotatable bonds is 0. The Morgan fingerprint density at radius 1 is 1.27 bits per heavy atom. The van der Waals surface area contributed by atoms with Crippen LogP contribution in [0, 0.1) is 0 Å². The van der Waals surface area contributed by atoms with Crippen molar-refractivity contribution in [3.05, 3.63) is 28.2 Å². The van der Waals surface area contributed by atoms with Gasteiger partial charge < -0.3 is 4.74 Å². The lowest BCUT2D eigenvalue weighted by Gasteiger charge is -2.34. The minimum Gasteiger partial charge on any atom is -0.493 e. The quantitative estimate of drug-likeness (QED) is 0.720. The van der Waals surface area contributed by atoms with E-state index in [4.69, 9.17) is 4.74 Å². The highest BCUT2D eigenvalue weighted by Crippen LogP contribution is 2.58. The summed E-state index contributed by atoms with van der Waals surface area (Å²) in [6.45, 7) is 0.856. The van der Waals surface area contributed by atoms with Crippen molar-refractivity contribution in [3.8, 4) is 5.75 Å². The Bertz CT molecular complexity index is 388. The number of fused-ring (bicyclic) bond motifs is 2. The zero-order chi connectivity index (χ0) is 10.3. The summed E-state index contributed by atoms with van der Waals surface area (Å²) in [4.78, 5) is 0. The lowest BCUT2D eigenvalue weighted by molar-refractivity contribution is 0.280. The number of benzene rings is 1. The molecule has 0 aromatic heterocycles. The summed E-state index contributed by atoms with van der Waals surface area (Å²) in [5.41, 5.74) is 1.37. The second-order valence-corrected chi connectivity index (χ2v) is 7.65. The molecule has 0 bridgehead atoms. The van der Waals surface area contributed by atoms with E-state index in [0.717, 1.165) is 23.2 Å². The van der Waals surface area contributed by atoms with E-state index < -0.39 is 0 Å². The molecule has 3 rings (SSSR count). The Kier molecular flexibility index (Phi) is 2.69. The maximum atomic E-state index is 5.72. The van der Waals surface area contributed by atoms with Crippen molar-refractivity contribution in [3.63, 3.8) is 0 Å². The number of ether oxygens (including phenoxy) is 1. The van der Waals surface area contributed by atoms with Gasteiger partial charge in [-0.05, 0) is 18.2 Å². The van der Waals surface area contributed by atoms with Crippen LogP contribution in [-0.4, -0.2) is 18.1 Å². The summed E-state index contributed by atoms with van der Waals surface area (Å²) in [6.07, 6.45) is 1.13. The maximum Gasteiger partial charge on any atom is 0.124 e. The summed E-state index contributed by atoms with van der Waals surface area (Å²) < 4.78 is 7.14. The largest absolute Gasteiger partial charge is 0.493 e. The van der Waals surface area contributed by atoms with Crippen molar-refractivity contribution in [2.75, 3.05) is 18.1 Å². The van der Waals surface area contributed by atoms with E-state index in [-0.39, 0.29) is 4.08 Å². The SMILES string of the molecule is Brc1ccc2c(c1)C1(CCO2)SCCS1. The molecule has 0 amide bonds. The minimum atomic E-state index is 0.275. The molecular formula is C11H11BrOS2. The molecule has 80 valence electrons. The Labute approximate surface area is 106 Å². The third-order valence-electron chi connectivity index (χ3n) is 2.79. The first kappa shape index (κ1) is 10.4. The van der Waals surface area contributed by atoms with Crippen molar-refractivity contribution in [1.29, 1.82) is 0 Å². The van der Waals surface area contributed by atoms with E-state index in [1.165, 1.54) is 17.1 Å². The second kappa shape index (κ2) is 3.90. The predicted molar refractivity (Wildman–Crippen MR) is 70.8 cm³/mol. The first-order chi connectivity index (χ1) is 7.30. The molecule has 2 aliphatic heterocycles. The highest BCUT2D eigenvalue weighted by Gasteiger charge is 2.41. The van der Waals surface area contributed by atoms with Gasteiger partial charge >= 0.3 is 0 Å². The Hall–Kier alpha value is 0.200. The number of hydrogen-bond acceptors (Lipinski definition) is 3. The van der Waals surface area contributed by atoms with Crippen LogP contribution in [0.25, 0.3) is 0 Å². The number of thioether (sulfide) groups is 2. The Morgan fingerprint density at radius 3 is 2.87 bits per heavy atom. The van der Waals surface area contributed by atoms with Gasteiger partial charge in [0, 0.05) is 28.0 Å². The molecule has 4 heteroatoms. The molecule has 2 aliphatic rings. The average Bonchev–Trinajstić information content (AvgIpc) is 2.69. The van der Waals surface area contributed by atoms with Gasteiger partial charge in [-0.1, -0.05) is 15.9 Å². The number of hydrogen-bond donors (Lipinski definition) is 0. The molecule has 1 aromatic carbocycles. The minimum absolute atomic E-state index is 0.275. The molecule has 1 saturated heterocycles. The average molecular weight is 303 g/mol. The lowest BCUT2D eigenvalue weighted by Crippen LogP contribution is -2.24. The smallest absolute Gasteiger partial charge is 0.124 e. The summed E-state index contributed by atoms with van der Waals surface area (Å²) >= 11 is 7.71. The third-order valence-corrected chi connectivity index (χ3v) is 6.85. The van der Waals surface area contributed by atoms with Gasteiger partial charge in [-0.3, -0.25) is 0 Å². The summed E-state index contributed by atoms with van der Waals surface area (Å²) in [6, 6.07) is 6.36. The zero-order valence-corrected chi connectivity index (χ0v) is 11.4. The second-order valence-electron chi connectivity index (χ2n) is 3.69. The molecule has 2 heterocycles. The van der Waals surface area contributed by atoms with Gasteiger partial charge in [0.1, 0.15) is 5.75 Å². The van der Waals surface area contributed by atoms with Gasteiger partial charge in [-0.2, -0.15) is 0 Å². The van der Waals surface area contributed by atoms with E-state index in [1.807, 2.05) is 0 Å². The molecule has 15 heavy (non-hydrogen) atoms. The molecule has 0 atom stereocenters. The van der Waals surface area contributed by atoms with Gasteiger partial charge in [-0.25, -0.2) is 0 Å². The van der Waals surface area contributed by atoms with Gasteiger partial charge in [-0.15, -0.1) is 23.5 Å². The molecule has 1 fully saturated rings. The van der Waals surface area contributed by atoms with Crippen LogP contribution in [0.5, 0.6) is 5.75 Å². The monoisotopic (exact) mass is 302 g/mol. The van der Waals surface area contributed by atoms with E-state index in [9.17, 15) is 0 Å². The van der Waals surface area contributed by atoms with Crippen LogP contribution in [0.3, 0.4) is 0 Å². The molecule has 0 radical (unpaired) electrons. The molecule has 0 saturated carbocycles. The van der Waals surface area contributed by atoms with Gasteiger partial charge in [0.2, 0.25) is 0 Å². The molecule has 1 spiro atoms. The Morgan fingerprint density at radius 2 is 2.07 bits per heavy atom.